The van der Waals surface area contributed by atoms with Crippen molar-refractivity contribution in [2.24, 2.45) is 0 Å². The Hall–Kier alpha value is -1.59. The van der Waals surface area contributed by atoms with Crippen molar-refractivity contribution in [1.29, 1.82) is 0 Å². The standard InChI is InChI=1S/C11H11F3N2O/c12-11(13,14)9(17)16-7-10(3-4-10)8-2-1-5-15-6-8/h1-2,5-6H,3-4,7H2,(H,16,17). The van der Waals surface area contributed by atoms with Gasteiger partial charge in [-0.3, -0.25) is 9.78 Å². The van der Waals surface area contributed by atoms with Crippen LogP contribution in [-0.4, -0.2) is 23.6 Å². The summed E-state index contributed by atoms with van der Waals surface area (Å²) in [6, 6.07) is 3.56. The molecule has 1 fully saturated rings. The van der Waals surface area contributed by atoms with Crippen LogP contribution in [-0.2, 0) is 10.2 Å². The van der Waals surface area contributed by atoms with E-state index in [1.807, 2.05) is 11.4 Å². The zero-order valence-electron chi connectivity index (χ0n) is 8.92. The fraction of sp³-hybridized carbons (Fsp3) is 0.455. The first-order valence-electron chi connectivity index (χ1n) is 5.20. The molecule has 0 atom stereocenters. The number of aromatic nitrogens is 1. The van der Waals surface area contributed by atoms with Crippen LogP contribution in [0.5, 0.6) is 0 Å². The lowest BCUT2D eigenvalue weighted by atomic mass is 9.98. The van der Waals surface area contributed by atoms with E-state index in [0.29, 0.717) is 0 Å². The molecular formula is C11H11F3N2O. The molecule has 6 heteroatoms. The van der Waals surface area contributed by atoms with Gasteiger partial charge >= 0.3 is 12.1 Å². The Bertz CT molecular complexity index is 412. The minimum atomic E-state index is -4.81. The number of nitrogens with one attached hydrogen (secondary N) is 1. The number of hydrogen-bond donors (Lipinski definition) is 1. The number of rotatable bonds is 3. The maximum atomic E-state index is 12.0. The van der Waals surface area contributed by atoms with E-state index in [2.05, 4.69) is 4.98 Å². The number of pyridine rings is 1. The molecule has 1 saturated carbocycles. The first-order chi connectivity index (χ1) is 7.94. The molecule has 0 radical (unpaired) electrons. The highest BCUT2D eigenvalue weighted by molar-refractivity contribution is 5.81. The highest BCUT2D eigenvalue weighted by atomic mass is 19.4. The topological polar surface area (TPSA) is 42.0 Å². The zero-order valence-corrected chi connectivity index (χ0v) is 8.92. The Labute approximate surface area is 96.0 Å². The lowest BCUT2D eigenvalue weighted by Gasteiger charge is -2.16. The summed E-state index contributed by atoms with van der Waals surface area (Å²) in [4.78, 5) is 14.7. The lowest BCUT2D eigenvalue weighted by Crippen LogP contribution is -2.40. The molecule has 1 aliphatic carbocycles. The van der Waals surface area contributed by atoms with Crippen LogP contribution < -0.4 is 5.32 Å². The molecule has 0 bridgehead atoms. The van der Waals surface area contributed by atoms with E-state index in [-0.39, 0.29) is 12.0 Å². The van der Waals surface area contributed by atoms with Gasteiger partial charge in [0.15, 0.2) is 0 Å². The Morgan fingerprint density at radius 1 is 1.47 bits per heavy atom. The second-order valence-electron chi connectivity index (χ2n) is 4.20. The molecule has 0 aromatic carbocycles. The monoisotopic (exact) mass is 244 g/mol. The van der Waals surface area contributed by atoms with Gasteiger partial charge in [-0.05, 0) is 24.5 Å². The number of amides is 1. The summed E-state index contributed by atoms with van der Waals surface area (Å²) in [5, 5.41) is 1.93. The van der Waals surface area contributed by atoms with Gasteiger partial charge in [-0.25, -0.2) is 0 Å². The molecule has 1 aliphatic rings. The van der Waals surface area contributed by atoms with Crippen molar-refractivity contribution in [3.05, 3.63) is 30.1 Å². The maximum absolute atomic E-state index is 12.0. The number of hydrogen-bond acceptors (Lipinski definition) is 2. The minimum absolute atomic E-state index is 0.0109. The van der Waals surface area contributed by atoms with Crippen LogP contribution in [0, 0.1) is 0 Å². The summed E-state index contributed by atoms with van der Waals surface area (Å²) in [6.45, 7) is 0.0109. The smallest absolute Gasteiger partial charge is 0.347 e. The fourth-order valence-corrected chi connectivity index (χ4v) is 1.74. The predicted molar refractivity (Wildman–Crippen MR) is 54.2 cm³/mol. The van der Waals surface area contributed by atoms with Gasteiger partial charge in [0.05, 0.1) is 0 Å². The third-order valence-electron chi connectivity index (χ3n) is 2.97. The first kappa shape index (κ1) is 11.9. The third-order valence-corrected chi connectivity index (χ3v) is 2.97. The van der Waals surface area contributed by atoms with Crippen LogP contribution in [0.25, 0.3) is 0 Å². The van der Waals surface area contributed by atoms with E-state index in [0.717, 1.165) is 18.4 Å². The SMILES string of the molecule is O=C(NCC1(c2cccnc2)CC1)C(F)(F)F. The van der Waals surface area contributed by atoms with Crippen LogP contribution in [0.3, 0.4) is 0 Å². The molecule has 92 valence electrons. The van der Waals surface area contributed by atoms with Crippen molar-refractivity contribution in [3.63, 3.8) is 0 Å². The molecule has 1 amide bonds. The van der Waals surface area contributed by atoms with E-state index >= 15 is 0 Å². The average molecular weight is 244 g/mol. The van der Waals surface area contributed by atoms with Gasteiger partial charge in [0.1, 0.15) is 0 Å². The molecule has 0 saturated heterocycles. The Kier molecular flexibility index (Phi) is 2.81. The second kappa shape index (κ2) is 4.01. The summed E-state index contributed by atoms with van der Waals surface area (Å²) in [6.07, 6.45) is -0.0285. The highest BCUT2D eigenvalue weighted by Crippen LogP contribution is 2.47. The van der Waals surface area contributed by atoms with E-state index in [1.165, 1.54) is 0 Å². The molecule has 1 heterocycles. The summed E-state index contributed by atoms with van der Waals surface area (Å²) < 4.78 is 36.1. The molecule has 3 nitrogen and oxygen atoms in total. The number of carbonyl (C=O) groups excluding carboxylic acids is 1. The molecular weight excluding hydrogens is 233 g/mol. The molecule has 1 aromatic heterocycles. The van der Waals surface area contributed by atoms with Gasteiger partial charge in [0.2, 0.25) is 0 Å². The highest BCUT2D eigenvalue weighted by Gasteiger charge is 2.47. The number of nitrogens with zero attached hydrogens (tertiary/aromatic N) is 1. The van der Waals surface area contributed by atoms with E-state index < -0.39 is 12.1 Å². The van der Waals surface area contributed by atoms with E-state index in [4.69, 9.17) is 0 Å². The molecule has 1 N–H and O–H groups in total. The van der Waals surface area contributed by atoms with Crippen LogP contribution >= 0.6 is 0 Å². The van der Waals surface area contributed by atoms with Gasteiger partial charge in [-0.1, -0.05) is 6.07 Å². The summed E-state index contributed by atoms with van der Waals surface area (Å²) >= 11 is 0. The lowest BCUT2D eigenvalue weighted by molar-refractivity contribution is -0.173. The molecule has 1 aromatic rings. The van der Waals surface area contributed by atoms with Crippen molar-refractivity contribution >= 4 is 5.91 Å². The minimum Gasteiger partial charge on any atom is -0.347 e. The molecule has 0 spiro atoms. The van der Waals surface area contributed by atoms with Gasteiger partial charge in [-0.2, -0.15) is 13.2 Å². The molecule has 2 rings (SSSR count). The first-order valence-corrected chi connectivity index (χ1v) is 5.20. The molecule has 0 aliphatic heterocycles. The van der Waals surface area contributed by atoms with Crippen molar-refractivity contribution in [3.8, 4) is 0 Å². The average Bonchev–Trinajstić information content (AvgIpc) is 3.07. The van der Waals surface area contributed by atoms with Gasteiger partial charge in [0.25, 0.3) is 0 Å². The number of carbonyl (C=O) groups is 1. The van der Waals surface area contributed by atoms with Gasteiger partial charge in [-0.15, -0.1) is 0 Å². The molecule has 17 heavy (non-hydrogen) atoms. The quantitative estimate of drug-likeness (QED) is 0.880. The van der Waals surface area contributed by atoms with Crippen LogP contribution in [0.2, 0.25) is 0 Å². The number of halogens is 3. The van der Waals surface area contributed by atoms with Gasteiger partial charge < -0.3 is 5.32 Å². The van der Waals surface area contributed by atoms with Crippen molar-refractivity contribution in [2.45, 2.75) is 24.4 Å². The number of alkyl halides is 3. The largest absolute Gasteiger partial charge is 0.471 e. The summed E-state index contributed by atoms with van der Waals surface area (Å²) in [5.41, 5.74) is 0.525. The Balaban J connectivity index is 1.99. The van der Waals surface area contributed by atoms with Crippen LogP contribution in [0.15, 0.2) is 24.5 Å². The predicted octanol–water partition coefficient (Wildman–Crippen LogP) is 1.79. The maximum Gasteiger partial charge on any atom is 0.471 e. The third kappa shape index (κ3) is 2.57. The fourth-order valence-electron chi connectivity index (χ4n) is 1.74. The van der Waals surface area contributed by atoms with Gasteiger partial charge in [0, 0.05) is 24.4 Å². The Morgan fingerprint density at radius 2 is 2.18 bits per heavy atom. The second-order valence-corrected chi connectivity index (χ2v) is 4.20. The normalized spacial score (nSPS) is 17.6. The summed E-state index contributed by atoms with van der Waals surface area (Å²) in [7, 11) is 0. The Morgan fingerprint density at radius 3 is 2.65 bits per heavy atom. The zero-order chi connectivity index (χ0) is 12.5. The van der Waals surface area contributed by atoms with E-state index in [9.17, 15) is 18.0 Å². The van der Waals surface area contributed by atoms with Crippen molar-refractivity contribution in [1.82, 2.24) is 10.3 Å². The van der Waals surface area contributed by atoms with Crippen molar-refractivity contribution < 1.29 is 18.0 Å². The van der Waals surface area contributed by atoms with Crippen LogP contribution in [0.4, 0.5) is 13.2 Å². The van der Waals surface area contributed by atoms with Crippen LogP contribution in [0.1, 0.15) is 18.4 Å². The summed E-state index contributed by atoms with van der Waals surface area (Å²) in [5.74, 6) is -1.88. The molecule has 0 unspecified atom stereocenters. The van der Waals surface area contributed by atoms with Crippen molar-refractivity contribution in [2.75, 3.05) is 6.54 Å². The van der Waals surface area contributed by atoms with E-state index in [1.54, 1.807) is 18.5 Å².